The van der Waals surface area contributed by atoms with E-state index in [0.29, 0.717) is 12.0 Å². The van der Waals surface area contributed by atoms with Gasteiger partial charge in [-0.3, -0.25) is 4.79 Å². The quantitative estimate of drug-likeness (QED) is 0.306. The normalized spacial score (nSPS) is 16.5. The van der Waals surface area contributed by atoms with Gasteiger partial charge in [0, 0.05) is 66.6 Å². The number of piperidine rings is 1. The molecule has 152 valence electrons. The second-order valence-corrected chi connectivity index (χ2v) is 6.68. The van der Waals surface area contributed by atoms with E-state index in [4.69, 9.17) is 9.47 Å². The molecule has 8 nitrogen and oxygen atoms in total. The third-order valence-corrected chi connectivity index (χ3v) is 4.37. The van der Waals surface area contributed by atoms with Gasteiger partial charge in [0.1, 0.15) is 6.54 Å². The lowest BCUT2D eigenvalue weighted by Crippen LogP contribution is -2.49. The number of aliphatic imine (C=N–C) groups is 1. The van der Waals surface area contributed by atoms with Crippen LogP contribution in [0.4, 0.5) is 0 Å². The highest BCUT2D eigenvalue weighted by Crippen LogP contribution is 2.09. The molecule has 0 saturated carbocycles. The largest absolute Gasteiger partial charge is 0.383 e. The molecule has 8 heteroatoms. The van der Waals surface area contributed by atoms with E-state index in [2.05, 4.69) is 20.5 Å². The number of carbonyl (C=O) groups is 1. The van der Waals surface area contributed by atoms with Crippen LogP contribution >= 0.6 is 0 Å². The van der Waals surface area contributed by atoms with Crippen molar-refractivity contribution in [2.24, 2.45) is 4.99 Å². The predicted octanol–water partition coefficient (Wildman–Crippen LogP) is 0.147. The summed E-state index contributed by atoms with van der Waals surface area (Å²) in [6.45, 7) is 8.24. The van der Waals surface area contributed by atoms with Crippen LogP contribution in [0.2, 0.25) is 0 Å². The third-order valence-electron chi connectivity index (χ3n) is 4.37. The molecule has 1 amide bonds. The van der Waals surface area contributed by atoms with Crippen molar-refractivity contribution in [1.82, 2.24) is 20.4 Å². The molecule has 26 heavy (non-hydrogen) atoms. The maximum absolute atomic E-state index is 11.8. The van der Waals surface area contributed by atoms with Crippen molar-refractivity contribution in [2.75, 3.05) is 73.7 Å². The van der Waals surface area contributed by atoms with Gasteiger partial charge in [0.2, 0.25) is 5.91 Å². The van der Waals surface area contributed by atoms with Crippen LogP contribution in [0.5, 0.6) is 0 Å². The number of methoxy groups -OCH3 is 1. The smallest absolute Gasteiger partial charge is 0.243 e. The summed E-state index contributed by atoms with van der Waals surface area (Å²) < 4.78 is 10.5. The molecule has 0 aromatic heterocycles. The number of nitrogens with one attached hydrogen (secondary N) is 2. The Hall–Kier alpha value is -1.38. The molecule has 1 rings (SSSR count). The van der Waals surface area contributed by atoms with Gasteiger partial charge in [-0.2, -0.15) is 0 Å². The zero-order chi connectivity index (χ0) is 19.2. The number of amides is 1. The molecule has 0 radical (unpaired) electrons. The van der Waals surface area contributed by atoms with Gasteiger partial charge in [-0.25, -0.2) is 4.99 Å². The monoisotopic (exact) mass is 371 g/mol. The Labute approximate surface area is 158 Å². The minimum Gasteiger partial charge on any atom is -0.383 e. The van der Waals surface area contributed by atoms with Crippen LogP contribution in [-0.2, 0) is 14.3 Å². The highest BCUT2D eigenvalue weighted by molar-refractivity contribution is 5.84. The molecule has 1 aliphatic rings. The summed E-state index contributed by atoms with van der Waals surface area (Å²) >= 11 is 0. The van der Waals surface area contributed by atoms with E-state index < -0.39 is 0 Å². The van der Waals surface area contributed by atoms with Crippen molar-refractivity contribution >= 4 is 11.9 Å². The highest BCUT2D eigenvalue weighted by Gasteiger charge is 2.19. The van der Waals surface area contributed by atoms with Gasteiger partial charge in [0.05, 0.1) is 6.61 Å². The number of likely N-dealkylation sites (N-methyl/N-ethyl adjacent to an activating group) is 1. The van der Waals surface area contributed by atoms with Crippen LogP contribution < -0.4 is 10.6 Å². The second kappa shape index (κ2) is 13.8. The van der Waals surface area contributed by atoms with Gasteiger partial charge in [-0.05, 0) is 26.2 Å². The third kappa shape index (κ3) is 9.94. The number of hydrogen-bond acceptors (Lipinski definition) is 5. The first kappa shape index (κ1) is 22.7. The van der Waals surface area contributed by atoms with Crippen LogP contribution in [0, 0.1) is 0 Å². The summed E-state index contributed by atoms with van der Waals surface area (Å²) in [6.07, 6.45) is 3.03. The van der Waals surface area contributed by atoms with Gasteiger partial charge >= 0.3 is 0 Å². The SMILES string of the molecule is CCOCCCNC(=NCC(=O)N(C)C)NC1CCN(CCOC)CC1. The fourth-order valence-electron chi connectivity index (χ4n) is 2.68. The number of ether oxygens (including phenoxy) is 2. The van der Waals surface area contributed by atoms with Crippen LogP contribution in [0.15, 0.2) is 4.99 Å². The molecular formula is C18H37N5O3. The second-order valence-electron chi connectivity index (χ2n) is 6.68. The fraction of sp³-hybridized carbons (Fsp3) is 0.889. The van der Waals surface area contributed by atoms with Gasteiger partial charge in [-0.1, -0.05) is 0 Å². The number of guanidine groups is 1. The Bertz CT molecular complexity index is 410. The van der Waals surface area contributed by atoms with Crippen molar-refractivity contribution in [1.29, 1.82) is 0 Å². The summed E-state index contributed by atoms with van der Waals surface area (Å²) in [6, 6.07) is 0.376. The molecule has 0 bridgehead atoms. The Morgan fingerprint density at radius 2 is 2.00 bits per heavy atom. The van der Waals surface area contributed by atoms with Crippen molar-refractivity contribution in [3.05, 3.63) is 0 Å². The Balaban J connectivity index is 2.45. The summed E-state index contributed by atoms with van der Waals surface area (Å²) in [4.78, 5) is 20.3. The summed E-state index contributed by atoms with van der Waals surface area (Å²) in [5, 5.41) is 6.81. The Morgan fingerprint density at radius 1 is 1.27 bits per heavy atom. The van der Waals surface area contributed by atoms with Gasteiger partial charge in [0.15, 0.2) is 5.96 Å². The number of carbonyl (C=O) groups excluding carboxylic acids is 1. The topological polar surface area (TPSA) is 78.4 Å². The number of nitrogens with zero attached hydrogens (tertiary/aromatic N) is 3. The molecule has 2 N–H and O–H groups in total. The number of likely N-dealkylation sites (tertiary alicyclic amines) is 1. The summed E-state index contributed by atoms with van der Waals surface area (Å²) in [5.74, 6) is 0.710. The van der Waals surface area contributed by atoms with Crippen molar-refractivity contribution < 1.29 is 14.3 Å². The van der Waals surface area contributed by atoms with E-state index >= 15 is 0 Å². The van der Waals surface area contributed by atoms with Crippen molar-refractivity contribution in [2.45, 2.75) is 32.2 Å². The minimum absolute atomic E-state index is 0.00481. The van der Waals surface area contributed by atoms with Crippen LogP contribution in [0.1, 0.15) is 26.2 Å². The molecular weight excluding hydrogens is 334 g/mol. The first-order valence-electron chi connectivity index (χ1n) is 9.60. The standard InChI is InChI=1S/C18H37N5O3/c1-5-26-13-6-9-19-18(20-15-17(24)22(2)3)21-16-7-10-23(11-8-16)12-14-25-4/h16H,5-15H2,1-4H3,(H2,19,20,21). The zero-order valence-corrected chi connectivity index (χ0v) is 16.9. The van der Waals surface area contributed by atoms with E-state index in [1.807, 2.05) is 6.92 Å². The maximum Gasteiger partial charge on any atom is 0.243 e. The average molecular weight is 372 g/mol. The molecule has 0 spiro atoms. The lowest BCUT2D eigenvalue weighted by molar-refractivity contribution is -0.127. The average Bonchev–Trinajstić information content (AvgIpc) is 2.64. The molecule has 1 heterocycles. The molecule has 0 unspecified atom stereocenters. The van der Waals surface area contributed by atoms with E-state index in [1.54, 1.807) is 26.1 Å². The first-order valence-corrected chi connectivity index (χ1v) is 9.60. The molecule has 1 fully saturated rings. The molecule has 0 aliphatic carbocycles. The predicted molar refractivity (Wildman–Crippen MR) is 105 cm³/mol. The van der Waals surface area contributed by atoms with Gasteiger partial charge in [0.25, 0.3) is 0 Å². The maximum atomic E-state index is 11.8. The summed E-state index contributed by atoms with van der Waals surface area (Å²) in [5.41, 5.74) is 0. The lowest BCUT2D eigenvalue weighted by atomic mass is 10.1. The highest BCUT2D eigenvalue weighted by atomic mass is 16.5. The molecule has 1 aliphatic heterocycles. The van der Waals surface area contributed by atoms with Crippen LogP contribution in [0.25, 0.3) is 0 Å². The molecule has 1 saturated heterocycles. The fourth-order valence-corrected chi connectivity index (χ4v) is 2.68. The van der Waals surface area contributed by atoms with Gasteiger partial charge < -0.3 is 29.9 Å². The first-order chi connectivity index (χ1) is 12.6. The minimum atomic E-state index is -0.00481. The molecule has 0 atom stereocenters. The van der Waals surface area contributed by atoms with E-state index in [-0.39, 0.29) is 12.5 Å². The van der Waals surface area contributed by atoms with Crippen LogP contribution in [-0.4, -0.2) is 101 Å². The zero-order valence-electron chi connectivity index (χ0n) is 16.9. The number of hydrogen-bond donors (Lipinski definition) is 2. The lowest BCUT2D eigenvalue weighted by Gasteiger charge is -2.33. The Morgan fingerprint density at radius 3 is 2.62 bits per heavy atom. The number of rotatable bonds is 11. The van der Waals surface area contributed by atoms with E-state index in [0.717, 1.165) is 65.3 Å². The molecule has 0 aromatic carbocycles. The van der Waals surface area contributed by atoms with Gasteiger partial charge in [-0.15, -0.1) is 0 Å². The van der Waals surface area contributed by atoms with Crippen molar-refractivity contribution in [3.8, 4) is 0 Å². The van der Waals surface area contributed by atoms with Crippen molar-refractivity contribution in [3.63, 3.8) is 0 Å². The van der Waals surface area contributed by atoms with E-state index in [9.17, 15) is 4.79 Å². The molecule has 0 aromatic rings. The van der Waals surface area contributed by atoms with Crippen LogP contribution in [0.3, 0.4) is 0 Å². The summed E-state index contributed by atoms with van der Waals surface area (Å²) in [7, 11) is 5.23. The van der Waals surface area contributed by atoms with E-state index in [1.165, 1.54) is 0 Å². The Kier molecular flexibility index (Phi) is 12.0.